The van der Waals surface area contributed by atoms with Crippen LogP contribution in [0.2, 0.25) is 0 Å². The lowest BCUT2D eigenvalue weighted by molar-refractivity contribution is -0.286. The average molecular weight is 486 g/mol. The molecule has 0 bridgehead atoms. The van der Waals surface area contributed by atoms with Crippen LogP contribution in [0.5, 0.6) is 0 Å². The minimum absolute atomic E-state index is 0.146. The van der Waals surface area contributed by atoms with Crippen molar-refractivity contribution in [1.82, 2.24) is 4.90 Å². The number of carbonyl (C=O) groups is 2. The van der Waals surface area contributed by atoms with E-state index < -0.39 is 42.5 Å². The molecule has 1 saturated carbocycles. The third-order valence-corrected chi connectivity index (χ3v) is 7.31. The van der Waals surface area contributed by atoms with E-state index in [0.29, 0.717) is 30.8 Å². The summed E-state index contributed by atoms with van der Waals surface area (Å²) in [6.45, 7) is 0.672. The van der Waals surface area contributed by atoms with Crippen molar-refractivity contribution in [3.63, 3.8) is 0 Å². The lowest BCUT2D eigenvalue weighted by Crippen LogP contribution is -2.64. The van der Waals surface area contributed by atoms with E-state index >= 15 is 0 Å². The Morgan fingerprint density at radius 3 is 2.14 bits per heavy atom. The monoisotopic (exact) mass is 485 g/mol. The van der Waals surface area contributed by atoms with Crippen molar-refractivity contribution in [2.24, 2.45) is 5.92 Å². The normalized spacial score (nSPS) is 29.6. The second kappa shape index (κ2) is 9.59. The first-order valence-electron chi connectivity index (χ1n) is 12.2. The number of benzene rings is 3. The Balaban J connectivity index is 1.31. The van der Waals surface area contributed by atoms with Gasteiger partial charge in [-0.05, 0) is 24.1 Å². The third kappa shape index (κ3) is 4.04. The van der Waals surface area contributed by atoms with Gasteiger partial charge in [-0.1, -0.05) is 72.8 Å². The van der Waals surface area contributed by atoms with Gasteiger partial charge in [0, 0.05) is 11.5 Å². The van der Waals surface area contributed by atoms with Crippen LogP contribution in [0, 0.1) is 5.92 Å². The van der Waals surface area contributed by atoms with Gasteiger partial charge in [0.25, 0.3) is 11.8 Å². The van der Waals surface area contributed by atoms with Gasteiger partial charge in [-0.15, -0.1) is 0 Å². The molecule has 2 heterocycles. The van der Waals surface area contributed by atoms with Crippen LogP contribution in [0.3, 0.4) is 0 Å². The fourth-order valence-electron chi connectivity index (χ4n) is 5.54. The number of nitrogens with zero attached hydrogens (tertiary/aromatic N) is 1. The molecule has 1 saturated heterocycles. The number of ether oxygens (including phenoxy) is 3. The molecule has 2 amide bonds. The Morgan fingerprint density at radius 2 is 1.47 bits per heavy atom. The maximum absolute atomic E-state index is 13.4. The number of hydrogen-bond donors (Lipinski definition) is 1. The van der Waals surface area contributed by atoms with Gasteiger partial charge in [0.15, 0.2) is 6.29 Å². The van der Waals surface area contributed by atoms with Gasteiger partial charge >= 0.3 is 0 Å². The quantitative estimate of drug-likeness (QED) is 0.555. The van der Waals surface area contributed by atoms with Crippen molar-refractivity contribution in [2.45, 2.75) is 43.7 Å². The zero-order chi connectivity index (χ0) is 24.6. The van der Waals surface area contributed by atoms with Gasteiger partial charge in [-0.3, -0.25) is 14.5 Å². The van der Waals surface area contributed by atoms with Gasteiger partial charge in [0.1, 0.15) is 6.10 Å². The molecule has 7 nitrogen and oxygen atoms in total. The van der Waals surface area contributed by atoms with Gasteiger partial charge in [-0.2, -0.15) is 0 Å². The lowest BCUT2D eigenvalue weighted by Gasteiger charge is -2.49. The molecule has 2 aliphatic heterocycles. The number of fused-ring (bicyclic) bond motifs is 2. The summed E-state index contributed by atoms with van der Waals surface area (Å²) in [4.78, 5) is 28.0. The first-order valence-corrected chi connectivity index (χ1v) is 12.2. The molecule has 0 radical (unpaired) electrons. The highest BCUT2D eigenvalue weighted by atomic mass is 16.7. The van der Waals surface area contributed by atoms with Crippen molar-refractivity contribution in [3.8, 4) is 0 Å². The molecule has 7 heteroatoms. The van der Waals surface area contributed by atoms with E-state index in [9.17, 15) is 14.7 Å². The zero-order valence-electron chi connectivity index (χ0n) is 19.6. The number of amides is 2. The fourth-order valence-corrected chi connectivity index (χ4v) is 5.54. The van der Waals surface area contributed by atoms with E-state index in [1.807, 2.05) is 60.7 Å². The zero-order valence-corrected chi connectivity index (χ0v) is 19.6. The molecule has 184 valence electrons. The lowest BCUT2D eigenvalue weighted by atomic mass is 9.78. The number of aliphatic hydroxyl groups is 1. The van der Waals surface area contributed by atoms with Crippen LogP contribution >= 0.6 is 0 Å². The van der Waals surface area contributed by atoms with E-state index in [4.69, 9.17) is 14.2 Å². The smallest absolute Gasteiger partial charge is 0.261 e. The maximum Gasteiger partial charge on any atom is 0.261 e. The van der Waals surface area contributed by atoms with Crippen LogP contribution in [-0.4, -0.2) is 52.8 Å². The van der Waals surface area contributed by atoms with Crippen molar-refractivity contribution < 1.29 is 28.9 Å². The highest BCUT2D eigenvalue weighted by molar-refractivity contribution is 6.21. The van der Waals surface area contributed by atoms with E-state index in [1.165, 1.54) is 4.90 Å². The SMILES string of the molecule is O=C1c2ccccc2C(=O)N1C1C(OCc2ccccc2)CC2COC(c3ccccc3)OC2C1O. The predicted molar refractivity (Wildman–Crippen MR) is 130 cm³/mol. The molecule has 3 aromatic rings. The van der Waals surface area contributed by atoms with Crippen LogP contribution in [-0.2, 0) is 20.8 Å². The van der Waals surface area contributed by atoms with Crippen molar-refractivity contribution in [2.75, 3.05) is 6.61 Å². The van der Waals surface area contributed by atoms with Crippen LogP contribution in [0.1, 0.15) is 44.6 Å². The van der Waals surface area contributed by atoms with Crippen LogP contribution in [0.15, 0.2) is 84.9 Å². The summed E-state index contributed by atoms with van der Waals surface area (Å²) in [6, 6.07) is 25.1. The van der Waals surface area contributed by atoms with Crippen LogP contribution in [0.25, 0.3) is 0 Å². The second-order valence-corrected chi connectivity index (χ2v) is 9.51. The Labute approximate surface area is 209 Å². The third-order valence-electron chi connectivity index (χ3n) is 7.31. The number of carbonyl (C=O) groups excluding carboxylic acids is 2. The molecule has 6 unspecified atom stereocenters. The van der Waals surface area contributed by atoms with Gasteiger partial charge in [0.2, 0.25) is 0 Å². The number of rotatable bonds is 5. The van der Waals surface area contributed by atoms with Crippen molar-refractivity contribution in [1.29, 1.82) is 0 Å². The second-order valence-electron chi connectivity index (χ2n) is 9.51. The van der Waals surface area contributed by atoms with E-state index in [2.05, 4.69) is 0 Å². The summed E-state index contributed by atoms with van der Waals surface area (Å²) in [6.07, 6.45) is -2.48. The Kier molecular flexibility index (Phi) is 6.15. The first kappa shape index (κ1) is 23.1. The molecule has 2 fully saturated rings. The highest BCUT2D eigenvalue weighted by Gasteiger charge is 2.54. The molecule has 6 rings (SSSR count). The number of aliphatic hydroxyl groups excluding tert-OH is 1. The molecule has 6 atom stereocenters. The van der Waals surface area contributed by atoms with Gasteiger partial charge in [0.05, 0.1) is 42.6 Å². The van der Waals surface area contributed by atoms with E-state index in [1.54, 1.807) is 24.3 Å². The van der Waals surface area contributed by atoms with E-state index in [0.717, 1.165) is 11.1 Å². The molecule has 1 aliphatic carbocycles. The Hall–Kier alpha value is -3.36. The van der Waals surface area contributed by atoms with Crippen molar-refractivity contribution in [3.05, 3.63) is 107 Å². The standard InChI is InChI=1S/C29H27NO6/c31-25-24(30-27(32)21-13-7-8-14-22(21)28(30)33)23(34-16-18-9-3-1-4-10-18)15-20-17-35-29(36-26(20)25)19-11-5-2-6-12-19/h1-14,20,23-26,29,31H,15-17H2. The number of hydrogen-bond acceptors (Lipinski definition) is 6. The van der Waals surface area contributed by atoms with Crippen LogP contribution in [0.4, 0.5) is 0 Å². The van der Waals surface area contributed by atoms with E-state index in [-0.39, 0.29) is 5.92 Å². The summed E-state index contributed by atoms with van der Waals surface area (Å²) >= 11 is 0. The molecule has 3 aliphatic rings. The summed E-state index contributed by atoms with van der Waals surface area (Å²) in [5.74, 6) is -0.983. The molecule has 0 aromatic heterocycles. The summed E-state index contributed by atoms with van der Waals surface area (Å²) in [7, 11) is 0. The summed E-state index contributed by atoms with van der Waals surface area (Å²) in [5, 5.41) is 11.7. The minimum Gasteiger partial charge on any atom is -0.388 e. The summed E-state index contributed by atoms with van der Waals surface area (Å²) in [5.41, 5.74) is 2.50. The Morgan fingerprint density at radius 1 is 0.861 bits per heavy atom. The molecular formula is C29H27NO6. The minimum atomic E-state index is -1.14. The average Bonchev–Trinajstić information content (AvgIpc) is 3.18. The molecular weight excluding hydrogens is 458 g/mol. The Bertz CT molecular complexity index is 1210. The molecule has 1 N–H and O–H groups in total. The molecule has 0 spiro atoms. The van der Waals surface area contributed by atoms with Crippen LogP contribution < -0.4 is 0 Å². The predicted octanol–water partition coefficient (Wildman–Crippen LogP) is 3.73. The van der Waals surface area contributed by atoms with Crippen molar-refractivity contribution >= 4 is 11.8 Å². The largest absolute Gasteiger partial charge is 0.388 e. The molecule has 36 heavy (non-hydrogen) atoms. The molecule has 3 aromatic carbocycles. The summed E-state index contributed by atoms with van der Waals surface area (Å²) < 4.78 is 18.6. The fraction of sp³-hybridized carbons (Fsp3) is 0.310. The number of imide groups is 1. The highest BCUT2D eigenvalue weighted by Crippen LogP contribution is 2.41. The van der Waals surface area contributed by atoms with Gasteiger partial charge in [-0.25, -0.2) is 0 Å². The first-order chi connectivity index (χ1) is 17.6. The maximum atomic E-state index is 13.4. The van der Waals surface area contributed by atoms with Gasteiger partial charge < -0.3 is 19.3 Å². The topological polar surface area (TPSA) is 85.3 Å².